The van der Waals surface area contributed by atoms with Gasteiger partial charge in [-0.25, -0.2) is 0 Å². The van der Waals surface area contributed by atoms with Crippen molar-refractivity contribution in [3.05, 3.63) is 25.3 Å². The lowest BCUT2D eigenvalue weighted by Crippen LogP contribution is -2.53. The minimum atomic E-state index is 0.151. The van der Waals surface area contributed by atoms with Crippen molar-refractivity contribution in [2.24, 2.45) is 0 Å². The lowest BCUT2D eigenvalue weighted by molar-refractivity contribution is -0.132. The Kier molecular flexibility index (Phi) is 5.94. The zero-order valence-corrected chi connectivity index (χ0v) is 10.7. The maximum absolute atomic E-state index is 12.1. The van der Waals surface area contributed by atoms with Crippen LogP contribution in [0.3, 0.4) is 0 Å². The van der Waals surface area contributed by atoms with E-state index in [4.69, 9.17) is 0 Å². The van der Waals surface area contributed by atoms with Gasteiger partial charge in [0, 0.05) is 38.8 Å². The molecule has 0 radical (unpaired) electrons. The van der Waals surface area contributed by atoms with Crippen LogP contribution in [-0.4, -0.2) is 61.0 Å². The largest absolute Gasteiger partial charge is 0.334 e. The van der Waals surface area contributed by atoms with Gasteiger partial charge in [-0.2, -0.15) is 0 Å². The fourth-order valence-corrected chi connectivity index (χ4v) is 1.98. The van der Waals surface area contributed by atoms with Gasteiger partial charge in [0.25, 0.3) is 0 Å². The van der Waals surface area contributed by atoms with E-state index in [1.165, 1.54) is 0 Å². The SMILES string of the molecule is C=CCN(CC=C)C(=O)CN1CCNCC1C. The molecule has 1 N–H and O–H groups in total. The first-order valence-electron chi connectivity index (χ1n) is 6.13. The first-order valence-corrected chi connectivity index (χ1v) is 6.13. The van der Waals surface area contributed by atoms with Gasteiger partial charge in [0.05, 0.1) is 6.54 Å². The van der Waals surface area contributed by atoms with Gasteiger partial charge in [-0.3, -0.25) is 9.69 Å². The molecule has 1 saturated heterocycles. The summed E-state index contributed by atoms with van der Waals surface area (Å²) >= 11 is 0. The summed E-state index contributed by atoms with van der Waals surface area (Å²) in [4.78, 5) is 16.1. The highest BCUT2D eigenvalue weighted by atomic mass is 16.2. The van der Waals surface area contributed by atoms with Crippen molar-refractivity contribution in [2.75, 3.05) is 39.3 Å². The molecule has 1 fully saturated rings. The molecule has 0 aromatic heterocycles. The highest BCUT2D eigenvalue weighted by molar-refractivity contribution is 5.78. The van der Waals surface area contributed by atoms with Crippen LogP contribution in [0.5, 0.6) is 0 Å². The quantitative estimate of drug-likeness (QED) is 0.683. The Balaban J connectivity index is 2.49. The Bertz CT molecular complexity index is 268. The molecule has 4 nitrogen and oxygen atoms in total. The van der Waals surface area contributed by atoms with Crippen LogP contribution in [0, 0.1) is 0 Å². The predicted octanol–water partition coefficient (Wildman–Crippen LogP) is 0.481. The summed E-state index contributed by atoms with van der Waals surface area (Å²) in [5.74, 6) is 0.151. The molecule has 0 aromatic carbocycles. The molecule has 1 heterocycles. The van der Waals surface area contributed by atoms with Crippen molar-refractivity contribution >= 4 is 5.91 Å². The van der Waals surface area contributed by atoms with E-state index in [0.717, 1.165) is 19.6 Å². The maximum atomic E-state index is 12.1. The Morgan fingerprint density at radius 1 is 1.47 bits per heavy atom. The standard InChI is InChI=1S/C13H23N3O/c1-4-7-15(8-5-2)13(17)11-16-9-6-14-10-12(16)3/h4-5,12,14H,1-2,6-11H2,3H3. The van der Waals surface area contributed by atoms with Gasteiger partial charge in [-0.05, 0) is 6.92 Å². The van der Waals surface area contributed by atoms with Crippen LogP contribution in [0.25, 0.3) is 0 Å². The Morgan fingerprint density at radius 2 is 2.12 bits per heavy atom. The molecule has 0 aliphatic carbocycles. The number of amides is 1. The van der Waals surface area contributed by atoms with E-state index >= 15 is 0 Å². The third kappa shape index (κ3) is 4.32. The van der Waals surface area contributed by atoms with Crippen molar-refractivity contribution in [1.82, 2.24) is 15.1 Å². The molecule has 0 spiro atoms. The topological polar surface area (TPSA) is 35.6 Å². The zero-order chi connectivity index (χ0) is 12.7. The molecule has 1 unspecified atom stereocenters. The van der Waals surface area contributed by atoms with E-state index < -0.39 is 0 Å². The molecule has 1 aliphatic rings. The van der Waals surface area contributed by atoms with Crippen LogP contribution in [0.4, 0.5) is 0 Å². The Morgan fingerprint density at radius 3 is 2.65 bits per heavy atom. The lowest BCUT2D eigenvalue weighted by atomic mass is 10.2. The smallest absolute Gasteiger partial charge is 0.237 e. The summed E-state index contributed by atoms with van der Waals surface area (Å²) in [6.07, 6.45) is 3.51. The molecule has 0 saturated carbocycles. The first kappa shape index (κ1) is 13.9. The summed E-state index contributed by atoms with van der Waals surface area (Å²) in [5.41, 5.74) is 0. The summed E-state index contributed by atoms with van der Waals surface area (Å²) in [7, 11) is 0. The molecule has 1 amide bonds. The van der Waals surface area contributed by atoms with E-state index in [1.807, 2.05) is 0 Å². The van der Waals surface area contributed by atoms with Crippen molar-refractivity contribution in [3.63, 3.8) is 0 Å². The molecule has 0 bridgehead atoms. The highest BCUT2D eigenvalue weighted by Gasteiger charge is 2.22. The van der Waals surface area contributed by atoms with Gasteiger partial charge in [-0.15, -0.1) is 13.2 Å². The minimum absolute atomic E-state index is 0.151. The summed E-state index contributed by atoms with van der Waals surface area (Å²) in [6, 6.07) is 0.419. The van der Waals surface area contributed by atoms with E-state index in [9.17, 15) is 4.79 Å². The molecule has 1 atom stereocenters. The van der Waals surface area contributed by atoms with Crippen molar-refractivity contribution in [3.8, 4) is 0 Å². The van der Waals surface area contributed by atoms with Crippen LogP contribution in [-0.2, 0) is 4.79 Å². The van der Waals surface area contributed by atoms with Crippen LogP contribution in [0.15, 0.2) is 25.3 Å². The third-order valence-corrected chi connectivity index (χ3v) is 3.03. The van der Waals surface area contributed by atoms with Crippen LogP contribution in [0.2, 0.25) is 0 Å². The van der Waals surface area contributed by atoms with Gasteiger partial charge < -0.3 is 10.2 Å². The molecule has 1 rings (SSSR count). The number of nitrogens with zero attached hydrogens (tertiary/aromatic N) is 2. The first-order chi connectivity index (χ1) is 8.19. The third-order valence-electron chi connectivity index (χ3n) is 3.03. The van der Waals surface area contributed by atoms with E-state index in [-0.39, 0.29) is 5.91 Å². The minimum Gasteiger partial charge on any atom is -0.334 e. The fourth-order valence-electron chi connectivity index (χ4n) is 1.98. The molecule has 1 aliphatic heterocycles. The van der Waals surface area contributed by atoms with Gasteiger partial charge in [0.15, 0.2) is 0 Å². The van der Waals surface area contributed by atoms with Crippen LogP contribution >= 0.6 is 0 Å². The number of hydrogen-bond acceptors (Lipinski definition) is 3. The van der Waals surface area contributed by atoms with Crippen molar-refractivity contribution in [2.45, 2.75) is 13.0 Å². The van der Waals surface area contributed by atoms with Gasteiger partial charge in [0.2, 0.25) is 5.91 Å². The molecule has 0 aromatic rings. The van der Waals surface area contributed by atoms with Gasteiger partial charge in [0.1, 0.15) is 0 Å². The zero-order valence-electron chi connectivity index (χ0n) is 10.7. The van der Waals surface area contributed by atoms with Crippen molar-refractivity contribution < 1.29 is 4.79 Å². The second kappa shape index (κ2) is 7.25. The number of rotatable bonds is 6. The lowest BCUT2D eigenvalue weighted by Gasteiger charge is -2.34. The molecular weight excluding hydrogens is 214 g/mol. The monoisotopic (exact) mass is 237 g/mol. The number of nitrogens with one attached hydrogen (secondary N) is 1. The molecule has 4 heteroatoms. The fraction of sp³-hybridized carbons (Fsp3) is 0.615. The summed E-state index contributed by atoms with van der Waals surface area (Å²) < 4.78 is 0. The second-order valence-electron chi connectivity index (χ2n) is 4.40. The summed E-state index contributed by atoms with van der Waals surface area (Å²) in [5, 5.41) is 3.32. The Labute approximate surface area is 104 Å². The maximum Gasteiger partial charge on any atom is 0.237 e. The average Bonchev–Trinajstić information content (AvgIpc) is 2.32. The average molecular weight is 237 g/mol. The van der Waals surface area contributed by atoms with Crippen LogP contribution < -0.4 is 5.32 Å². The Hall–Kier alpha value is -1.13. The molecule has 17 heavy (non-hydrogen) atoms. The van der Waals surface area contributed by atoms with Crippen LogP contribution in [0.1, 0.15) is 6.92 Å². The molecular formula is C13H23N3O. The number of carbonyl (C=O) groups excluding carboxylic acids is 1. The number of carbonyl (C=O) groups is 1. The highest BCUT2D eigenvalue weighted by Crippen LogP contribution is 2.03. The van der Waals surface area contributed by atoms with E-state index in [2.05, 4.69) is 30.3 Å². The summed E-state index contributed by atoms with van der Waals surface area (Å²) in [6.45, 7) is 14.0. The number of piperazine rings is 1. The van der Waals surface area contributed by atoms with E-state index in [0.29, 0.717) is 25.7 Å². The van der Waals surface area contributed by atoms with Gasteiger partial charge >= 0.3 is 0 Å². The number of hydrogen-bond donors (Lipinski definition) is 1. The molecule has 96 valence electrons. The predicted molar refractivity (Wildman–Crippen MR) is 70.9 cm³/mol. The van der Waals surface area contributed by atoms with Crippen molar-refractivity contribution in [1.29, 1.82) is 0 Å². The van der Waals surface area contributed by atoms with E-state index in [1.54, 1.807) is 17.1 Å². The second-order valence-corrected chi connectivity index (χ2v) is 4.40. The van der Waals surface area contributed by atoms with Gasteiger partial charge in [-0.1, -0.05) is 12.2 Å². The normalized spacial score (nSPS) is 20.9.